The summed E-state index contributed by atoms with van der Waals surface area (Å²) in [6, 6.07) is 13.6. The molecule has 13 heteroatoms. The predicted molar refractivity (Wildman–Crippen MR) is 196 cm³/mol. The van der Waals surface area contributed by atoms with Crippen molar-refractivity contribution in [1.29, 1.82) is 0 Å². The van der Waals surface area contributed by atoms with Crippen LogP contribution in [0.15, 0.2) is 56.9 Å². The summed E-state index contributed by atoms with van der Waals surface area (Å²) in [5, 5.41) is 4.12. The standard InChI is InChI=1S/C36H49ClN4O6SSi/c1-7-8-15-32-38-36(18-11-12-19-36)35(42)40(32)23-27-16-17-29(28(22-27)24-45-3)30-13-9-10-14-31(30)48(43,44)41(25-46-20-21-49(4,5)6)34-33(37)26(2)47-39-34/h9-10,13-14,16-17,22H,7-8,11-12,15,18-21,23-25H2,1-6H3. The molecule has 0 N–H and O–H groups in total. The number of nitrogens with zero attached hydrogens (tertiary/aromatic N) is 4. The minimum atomic E-state index is -4.25. The molecule has 0 unspecified atom stereocenters. The van der Waals surface area contributed by atoms with Crippen molar-refractivity contribution >= 4 is 47.3 Å². The summed E-state index contributed by atoms with van der Waals surface area (Å²) in [5.74, 6) is 1.25. The fourth-order valence-corrected chi connectivity index (χ4v) is 8.96. The number of benzene rings is 2. The number of sulfonamides is 1. The van der Waals surface area contributed by atoms with Gasteiger partial charge in [0.2, 0.25) is 5.82 Å². The molecule has 2 aliphatic rings. The van der Waals surface area contributed by atoms with Crippen LogP contribution in [-0.4, -0.2) is 64.3 Å². The van der Waals surface area contributed by atoms with Gasteiger partial charge in [-0.3, -0.25) is 14.7 Å². The number of aryl methyl sites for hydroxylation is 1. The normalized spacial score (nSPS) is 16.2. The lowest BCUT2D eigenvalue weighted by Crippen LogP contribution is -2.40. The molecular weight excluding hydrogens is 680 g/mol. The van der Waals surface area contributed by atoms with Gasteiger partial charge in [0.15, 0.2) is 5.76 Å². The van der Waals surface area contributed by atoms with Gasteiger partial charge in [0, 0.05) is 33.8 Å². The van der Waals surface area contributed by atoms with Crippen molar-refractivity contribution in [2.24, 2.45) is 4.99 Å². The van der Waals surface area contributed by atoms with Crippen LogP contribution in [0.5, 0.6) is 0 Å². The zero-order chi connectivity index (χ0) is 35.4. The average molecular weight is 729 g/mol. The Morgan fingerprint density at radius 1 is 1.10 bits per heavy atom. The molecule has 266 valence electrons. The monoisotopic (exact) mass is 728 g/mol. The van der Waals surface area contributed by atoms with Crippen LogP contribution in [0, 0.1) is 6.92 Å². The summed E-state index contributed by atoms with van der Waals surface area (Å²) in [5.41, 5.74) is 2.31. The van der Waals surface area contributed by atoms with E-state index in [4.69, 9.17) is 30.6 Å². The number of aliphatic imine (C=N–C) groups is 1. The van der Waals surface area contributed by atoms with Crippen LogP contribution in [-0.2, 0) is 37.4 Å². The maximum atomic E-state index is 14.6. The number of amidine groups is 1. The van der Waals surface area contributed by atoms with E-state index in [0.29, 0.717) is 30.0 Å². The summed E-state index contributed by atoms with van der Waals surface area (Å²) in [7, 11) is -4.07. The largest absolute Gasteiger partial charge is 0.380 e. The first-order chi connectivity index (χ1) is 23.3. The zero-order valence-corrected chi connectivity index (χ0v) is 32.1. The predicted octanol–water partition coefficient (Wildman–Crippen LogP) is 8.20. The third-order valence-corrected chi connectivity index (χ3v) is 13.2. The van der Waals surface area contributed by atoms with Gasteiger partial charge in [-0.2, -0.15) is 0 Å². The van der Waals surface area contributed by atoms with Crippen molar-refractivity contribution in [2.45, 2.75) is 108 Å². The van der Waals surface area contributed by atoms with E-state index in [0.717, 1.165) is 72.3 Å². The number of carbonyl (C=O) groups excluding carboxylic acids is 1. The number of unbranched alkanes of at least 4 members (excludes halogenated alkanes) is 1. The summed E-state index contributed by atoms with van der Waals surface area (Å²) >= 11 is 6.52. The van der Waals surface area contributed by atoms with Crippen LogP contribution in [0.4, 0.5) is 5.82 Å². The molecule has 3 aromatic rings. The van der Waals surface area contributed by atoms with E-state index in [-0.39, 0.29) is 35.0 Å². The number of anilines is 1. The Hall–Kier alpha value is -3.03. The van der Waals surface area contributed by atoms with Gasteiger partial charge in [-0.1, -0.05) is 99.0 Å². The highest BCUT2D eigenvalue weighted by Gasteiger charge is 2.49. The van der Waals surface area contributed by atoms with E-state index in [9.17, 15) is 13.2 Å². The van der Waals surface area contributed by atoms with Crippen LogP contribution in [0.1, 0.15) is 68.8 Å². The molecule has 2 aromatic carbocycles. The minimum Gasteiger partial charge on any atom is -0.380 e. The fraction of sp³-hybridized carbons (Fsp3) is 0.528. The van der Waals surface area contributed by atoms with Gasteiger partial charge in [0.05, 0.1) is 18.0 Å². The third kappa shape index (κ3) is 8.14. The van der Waals surface area contributed by atoms with Crippen LogP contribution < -0.4 is 4.31 Å². The van der Waals surface area contributed by atoms with Gasteiger partial charge in [0.25, 0.3) is 15.9 Å². The second-order valence-electron chi connectivity index (χ2n) is 14.3. The van der Waals surface area contributed by atoms with Gasteiger partial charge < -0.3 is 14.0 Å². The number of carbonyl (C=O) groups is 1. The lowest BCUT2D eigenvalue weighted by atomic mass is 9.96. The fourth-order valence-electron chi connectivity index (χ4n) is 6.47. The number of amides is 1. The molecule has 0 bridgehead atoms. The third-order valence-electron chi connectivity index (χ3n) is 9.25. The lowest BCUT2D eigenvalue weighted by Gasteiger charge is -2.25. The molecule has 0 radical (unpaired) electrons. The van der Waals surface area contributed by atoms with E-state index >= 15 is 0 Å². The summed E-state index contributed by atoms with van der Waals surface area (Å²) in [4.78, 5) is 20.8. The Labute approximate surface area is 296 Å². The Kier molecular flexibility index (Phi) is 11.8. The molecule has 0 saturated heterocycles. The molecule has 1 aliphatic heterocycles. The molecule has 0 atom stereocenters. The second kappa shape index (κ2) is 15.5. The highest BCUT2D eigenvalue weighted by Crippen LogP contribution is 2.41. The molecule has 1 spiro atoms. The van der Waals surface area contributed by atoms with E-state index in [1.54, 1.807) is 38.3 Å². The number of aromatic nitrogens is 1. The first-order valence-corrected chi connectivity index (χ1v) is 22.7. The summed E-state index contributed by atoms with van der Waals surface area (Å²) in [6.07, 6.45) is 6.40. The molecule has 10 nitrogen and oxygen atoms in total. The Balaban J connectivity index is 1.49. The van der Waals surface area contributed by atoms with Crippen molar-refractivity contribution in [2.75, 3.05) is 24.8 Å². The molecular formula is C36H49ClN4O6SSi. The summed E-state index contributed by atoms with van der Waals surface area (Å²) < 4.78 is 47.0. The van der Waals surface area contributed by atoms with Crippen LogP contribution in [0.2, 0.25) is 30.7 Å². The smallest absolute Gasteiger partial charge is 0.268 e. The molecule has 1 amide bonds. The topological polar surface area (TPSA) is 115 Å². The zero-order valence-electron chi connectivity index (χ0n) is 29.6. The number of halogens is 1. The number of hydrogen-bond acceptors (Lipinski definition) is 8. The number of hydrogen-bond donors (Lipinski definition) is 0. The van der Waals surface area contributed by atoms with E-state index < -0.39 is 23.6 Å². The first kappa shape index (κ1) is 37.2. The Bertz CT molecular complexity index is 1780. The minimum absolute atomic E-state index is 0.0229. The first-order valence-electron chi connectivity index (χ1n) is 17.1. The molecule has 2 heterocycles. The number of methoxy groups -OCH3 is 1. The van der Waals surface area contributed by atoms with Crippen molar-refractivity contribution in [3.8, 4) is 11.1 Å². The quantitative estimate of drug-likeness (QED) is 0.0830. The van der Waals surface area contributed by atoms with E-state index in [2.05, 4.69) is 31.7 Å². The molecule has 1 aromatic heterocycles. The average Bonchev–Trinajstić information content (AvgIpc) is 3.74. The summed E-state index contributed by atoms with van der Waals surface area (Å²) in [6.45, 7) is 11.2. The molecule has 1 aliphatic carbocycles. The van der Waals surface area contributed by atoms with Gasteiger partial charge in [-0.05, 0) is 55.0 Å². The van der Waals surface area contributed by atoms with Crippen molar-refractivity contribution in [1.82, 2.24) is 10.1 Å². The number of ether oxygens (including phenoxy) is 2. The van der Waals surface area contributed by atoms with Crippen molar-refractivity contribution in [3.05, 3.63) is 64.4 Å². The van der Waals surface area contributed by atoms with Crippen molar-refractivity contribution in [3.63, 3.8) is 0 Å². The van der Waals surface area contributed by atoms with E-state index in [1.165, 1.54) is 0 Å². The van der Waals surface area contributed by atoms with Gasteiger partial charge in [-0.25, -0.2) is 12.7 Å². The van der Waals surface area contributed by atoms with Gasteiger partial charge in [-0.15, -0.1) is 0 Å². The maximum absolute atomic E-state index is 14.6. The van der Waals surface area contributed by atoms with Crippen molar-refractivity contribution < 1.29 is 27.2 Å². The lowest BCUT2D eigenvalue weighted by molar-refractivity contribution is -0.131. The molecule has 49 heavy (non-hydrogen) atoms. The SMILES string of the molecule is CCCCC1=NC2(CCCC2)C(=O)N1Cc1ccc(-c2ccccc2S(=O)(=O)N(COCC[Si](C)(C)C)c2noc(C)c2Cl)c(COC)c1. The maximum Gasteiger partial charge on any atom is 0.268 e. The van der Waals surface area contributed by atoms with Gasteiger partial charge >= 0.3 is 0 Å². The molecule has 1 saturated carbocycles. The van der Waals surface area contributed by atoms with Gasteiger partial charge in [0.1, 0.15) is 23.1 Å². The van der Waals surface area contributed by atoms with Crippen LogP contribution in [0.3, 0.4) is 0 Å². The van der Waals surface area contributed by atoms with Crippen LogP contribution >= 0.6 is 11.6 Å². The molecule has 1 fully saturated rings. The highest BCUT2D eigenvalue weighted by atomic mass is 35.5. The van der Waals surface area contributed by atoms with Crippen LogP contribution in [0.25, 0.3) is 11.1 Å². The number of rotatable bonds is 16. The van der Waals surface area contributed by atoms with E-state index in [1.807, 2.05) is 23.1 Å². The second-order valence-corrected chi connectivity index (χ2v) is 22.1. The highest BCUT2D eigenvalue weighted by molar-refractivity contribution is 7.93. The Morgan fingerprint density at radius 3 is 2.49 bits per heavy atom. The molecule has 5 rings (SSSR count). The Morgan fingerprint density at radius 2 is 1.84 bits per heavy atom.